The standard InChI is InChI=1S/C12H16ClN3O3S.ClH/c1-19-7-6-15-4-5-16-20(17,18)11-2-3-12(13)10(8-11)9-14;/h2-3,8,15-16H,4-7H2,1H3;1H. The predicted molar refractivity (Wildman–Crippen MR) is 83.3 cm³/mol. The lowest BCUT2D eigenvalue weighted by Gasteiger charge is -2.08. The molecule has 9 heteroatoms. The summed E-state index contributed by atoms with van der Waals surface area (Å²) in [6.45, 7) is 1.95. The van der Waals surface area contributed by atoms with Gasteiger partial charge in [0.05, 0.1) is 22.1 Å². The number of methoxy groups -OCH3 is 1. The van der Waals surface area contributed by atoms with E-state index in [1.807, 2.05) is 6.07 Å². The van der Waals surface area contributed by atoms with Crippen LogP contribution in [0.5, 0.6) is 0 Å². The zero-order valence-electron chi connectivity index (χ0n) is 11.4. The van der Waals surface area contributed by atoms with Gasteiger partial charge in [0.15, 0.2) is 0 Å². The van der Waals surface area contributed by atoms with Crippen LogP contribution < -0.4 is 10.0 Å². The fraction of sp³-hybridized carbons (Fsp3) is 0.417. The van der Waals surface area contributed by atoms with Crippen LogP contribution in [-0.4, -0.2) is 41.8 Å². The molecule has 6 nitrogen and oxygen atoms in total. The Morgan fingerprint density at radius 3 is 2.67 bits per heavy atom. The van der Waals surface area contributed by atoms with E-state index in [-0.39, 0.29) is 34.4 Å². The molecule has 1 aromatic rings. The van der Waals surface area contributed by atoms with Crippen molar-refractivity contribution in [2.75, 3.05) is 33.4 Å². The zero-order valence-corrected chi connectivity index (χ0v) is 13.8. The Morgan fingerprint density at radius 2 is 2.05 bits per heavy atom. The molecule has 0 radical (unpaired) electrons. The summed E-state index contributed by atoms with van der Waals surface area (Å²) in [6.07, 6.45) is 0. The third-order valence-electron chi connectivity index (χ3n) is 2.45. The maximum atomic E-state index is 12.0. The molecule has 0 bridgehead atoms. The molecule has 1 rings (SSSR count). The van der Waals surface area contributed by atoms with Gasteiger partial charge in [0.1, 0.15) is 6.07 Å². The molecule has 0 aliphatic rings. The SMILES string of the molecule is COCCNCCNS(=O)(=O)c1ccc(Cl)c(C#N)c1.Cl. The van der Waals surface area contributed by atoms with Crippen LogP contribution in [0.3, 0.4) is 0 Å². The van der Waals surface area contributed by atoms with Gasteiger partial charge in [0.2, 0.25) is 10.0 Å². The molecule has 0 saturated heterocycles. The van der Waals surface area contributed by atoms with Crippen LogP contribution in [0.1, 0.15) is 5.56 Å². The maximum Gasteiger partial charge on any atom is 0.240 e. The van der Waals surface area contributed by atoms with Gasteiger partial charge in [-0.15, -0.1) is 12.4 Å². The average Bonchev–Trinajstić information content (AvgIpc) is 2.43. The average molecular weight is 354 g/mol. The van der Waals surface area contributed by atoms with Gasteiger partial charge in [-0.2, -0.15) is 5.26 Å². The minimum atomic E-state index is -3.63. The van der Waals surface area contributed by atoms with E-state index in [0.717, 1.165) is 0 Å². The third-order valence-corrected chi connectivity index (χ3v) is 4.23. The number of rotatable bonds is 8. The Balaban J connectivity index is 0.00000400. The highest BCUT2D eigenvalue weighted by Gasteiger charge is 2.15. The molecule has 0 aliphatic carbocycles. The van der Waals surface area contributed by atoms with Crippen LogP contribution in [0.2, 0.25) is 5.02 Å². The molecule has 0 heterocycles. The molecular weight excluding hydrogens is 337 g/mol. The maximum absolute atomic E-state index is 12.0. The summed E-state index contributed by atoms with van der Waals surface area (Å²) in [5, 5.41) is 12.1. The fourth-order valence-corrected chi connectivity index (χ4v) is 2.63. The van der Waals surface area contributed by atoms with Gasteiger partial charge >= 0.3 is 0 Å². The Labute approximate surface area is 135 Å². The molecule has 0 aliphatic heterocycles. The monoisotopic (exact) mass is 353 g/mol. The van der Waals surface area contributed by atoms with Crippen molar-refractivity contribution in [3.63, 3.8) is 0 Å². The number of halogens is 2. The molecule has 0 aromatic heterocycles. The molecule has 0 saturated carbocycles. The van der Waals surface area contributed by atoms with Crippen LogP contribution >= 0.6 is 24.0 Å². The van der Waals surface area contributed by atoms with Crippen LogP contribution in [-0.2, 0) is 14.8 Å². The lowest BCUT2D eigenvalue weighted by Crippen LogP contribution is -2.33. The largest absolute Gasteiger partial charge is 0.383 e. The van der Waals surface area contributed by atoms with Gasteiger partial charge in [0.25, 0.3) is 0 Å². The van der Waals surface area contributed by atoms with Crippen LogP contribution in [0.4, 0.5) is 0 Å². The third kappa shape index (κ3) is 6.61. The second-order valence-electron chi connectivity index (χ2n) is 3.89. The van der Waals surface area contributed by atoms with E-state index in [2.05, 4.69) is 10.0 Å². The molecule has 0 spiro atoms. The summed E-state index contributed by atoms with van der Waals surface area (Å²) in [5.74, 6) is 0. The van der Waals surface area contributed by atoms with Crippen molar-refractivity contribution in [2.24, 2.45) is 0 Å². The first-order chi connectivity index (χ1) is 9.51. The molecule has 2 N–H and O–H groups in total. The van der Waals surface area contributed by atoms with Crippen molar-refractivity contribution >= 4 is 34.0 Å². The Hall–Kier alpha value is -0.880. The van der Waals surface area contributed by atoms with Crippen LogP contribution in [0.15, 0.2) is 23.1 Å². The molecule has 118 valence electrons. The summed E-state index contributed by atoms with van der Waals surface area (Å²) in [6, 6.07) is 5.86. The molecule has 0 atom stereocenters. The lowest BCUT2D eigenvalue weighted by atomic mass is 10.2. The number of nitriles is 1. The highest BCUT2D eigenvalue weighted by Crippen LogP contribution is 2.19. The Kier molecular flexibility index (Phi) is 9.53. The van der Waals surface area contributed by atoms with Crippen LogP contribution in [0, 0.1) is 11.3 Å². The van der Waals surface area contributed by atoms with Crippen LogP contribution in [0.25, 0.3) is 0 Å². The number of hydrogen-bond acceptors (Lipinski definition) is 5. The van der Waals surface area contributed by atoms with E-state index in [9.17, 15) is 8.42 Å². The minimum absolute atomic E-state index is 0. The van der Waals surface area contributed by atoms with E-state index in [0.29, 0.717) is 19.7 Å². The highest BCUT2D eigenvalue weighted by atomic mass is 35.5. The number of nitrogens with zero attached hydrogens (tertiary/aromatic N) is 1. The normalized spacial score (nSPS) is 10.7. The number of sulfonamides is 1. The van der Waals surface area contributed by atoms with Gasteiger partial charge in [-0.05, 0) is 18.2 Å². The number of hydrogen-bond donors (Lipinski definition) is 2. The summed E-state index contributed by atoms with van der Waals surface area (Å²) in [5.41, 5.74) is 0.132. The molecule has 21 heavy (non-hydrogen) atoms. The number of benzene rings is 1. The van der Waals surface area contributed by atoms with E-state index >= 15 is 0 Å². The van der Waals surface area contributed by atoms with Crippen molar-refractivity contribution in [1.82, 2.24) is 10.0 Å². The lowest BCUT2D eigenvalue weighted by molar-refractivity contribution is 0.199. The van der Waals surface area contributed by atoms with E-state index in [4.69, 9.17) is 21.6 Å². The zero-order chi connectivity index (χ0) is 15.0. The summed E-state index contributed by atoms with van der Waals surface area (Å²) < 4.78 is 31.3. The smallest absolute Gasteiger partial charge is 0.240 e. The van der Waals surface area contributed by atoms with Crippen molar-refractivity contribution < 1.29 is 13.2 Å². The van der Waals surface area contributed by atoms with Crippen molar-refractivity contribution in [3.8, 4) is 6.07 Å². The van der Waals surface area contributed by atoms with Crippen molar-refractivity contribution in [3.05, 3.63) is 28.8 Å². The minimum Gasteiger partial charge on any atom is -0.383 e. The quantitative estimate of drug-likeness (QED) is 0.684. The number of nitrogens with one attached hydrogen (secondary N) is 2. The van der Waals surface area contributed by atoms with Gasteiger partial charge < -0.3 is 10.1 Å². The number of ether oxygens (including phenoxy) is 1. The Morgan fingerprint density at radius 1 is 1.33 bits per heavy atom. The van der Waals surface area contributed by atoms with Gasteiger partial charge in [-0.1, -0.05) is 11.6 Å². The Bertz CT molecular complexity index is 588. The highest BCUT2D eigenvalue weighted by molar-refractivity contribution is 7.89. The molecule has 1 aromatic carbocycles. The van der Waals surface area contributed by atoms with Gasteiger partial charge in [0, 0.05) is 26.7 Å². The predicted octanol–water partition coefficient (Wildman–Crippen LogP) is 1.15. The molecule has 0 amide bonds. The second-order valence-corrected chi connectivity index (χ2v) is 6.07. The summed E-state index contributed by atoms with van der Waals surface area (Å²) in [7, 11) is -2.04. The van der Waals surface area contributed by atoms with Gasteiger partial charge in [-0.3, -0.25) is 0 Å². The second kappa shape index (κ2) is 9.95. The molecule has 0 unspecified atom stereocenters. The summed E-state index contributed by atoms with van der Waals surface area (Å²) >= 11 is 5.76. The van der Waals surface area contributed by atoms with E-state index < -0.39 is 10.0 Å². The molecular formula is C12H17Cl2N3O3S. The first-order valence-electron chi connectivity index (χ1n) is 5.90. The molecule has 0 fully saturated rings. The van der Waals surface area contributed by atoms with Crippen molar-refractivity contribution in [2.45, 2.75) is 4.90 Å². The van der Waals surface area contributed by atoms with E-state index in [1.165, 1.54) is 18.2 Å². The first kappa shape index (κ1) is 20.1. The first-order valence-corrected chi connectivity index (χ1v) is 7.76. The van der Waals surface area contributed by atoms with Crippen molar-refractivity contribution in [1.29, 1.82) is 5.26 Å². The van der Waals surface area contributed by atoms with E-state index in [1.54, 1.807) is 7.11 Å². The van der Waals surface area contributed by atoms with Gasteiger partial charge in [-0.25, -0.2) is 13.1 Å². The topological polar surface area (TPSA) is 91.2 Å². The fourth-order valence-electron chi connectivity index (χ4n) is 1.41. The summed E-state index contributed by atoms with van der Waals surface area (Å²) in [4.78, 5) is 0.0235.